The first-order valence-corrected chi connectivity index (χ1v) is 11.7. The highest BCUT2D eigenvalue weighted by Gasteiger charge is 2.06. The van der Waals surface area contributed by atoms with Gasteiger partial charge < -0.3 is 18.9 Å². The lowest BCUT2D eigenvalue weighted by Crippen LogP contribution is -2.13. The molecule has 0 radical (unpaired) electrons. The third kappa shape index (κ3) is 16.4. The number of unbranched alkanes of at least 4 members (excludes halogenated alkanes) is 6. The van der Waals surface area contributed by atoms with Gasteiger partial charge in [0.2, 0.25) is 0 Å². The predicted molar refractivity (Wildman–Crippen MR) is 121 cm³/mol. The summed E-state index contributed by atoms with van der Waals surface area (Å²) in [4.78, 5) is 23.5. The van der Waals surface area contributed by atoms with Crippen molar-refractivity contribution in [2.75, 3.05) is 33.0 Å². The van der Waals surface area contributed by atoms with Gasteiger partial charge in [-0.25, -0.2) is 0 Å². The zero-order valence-corrected chi connectivity index (χ0v) is 19.4. The zero-order chi connectivity index (χ0) is 22.6. The van der Waals surface area contributed by atoms with Crippen LogP contribution in [-0.2, 0) is 23.8 Å². The highest BCUT2D eigenvalue weighted by atomic mass is 16.6. The van der Waals surface area contributed by atoms with Crippen LogP contribution in [-0.4, -0.2) is 45.0 Å². The molecule has 1 rings (SSSR count). The van der Waals surface area contributed by atoms with Gasteiger partial charge in [0.25, 0.3) is 0 Å². The summed E-state index contributed by atoms with van der Waals surface area (Å²) in [5.74, 6) is 0.164. The van der Waals surface area contributed by atoms with Crippen LogP contribution in [0.2, 0.25) is 0 Å². The maximum absolute atomic E-state index is 11.8. The number of carbonyl (C=O) groups is 2. The fourth-order valence-electron chi connectivity index (χ4n) is 2.92. The van der Waals surface area contributed by atoms with Gasteiger partial charge in [-0.2, -0.15) is 0 Å². The van der Waals surface area contributed by atoms with Crippen molar-refractivity contribution >= 4 is 11.9 Å². The largest absolute Gasteiger partial charge is 0.463 e. The number of rotatable bonds is 19. The number of aryl methyl sites for hydroxylation is 1. The quantitative estimate of drug-likeness (QED) is 0.164. The molecule has 6 nitrogen and oxygen atoms in total. The van der Waals surface area contributed by atoms with Crippen LogP contribution in [0.4, 0.5) is 0 Å². The molecule has 0 aliphatic rings. The average Bonchev–Trinajstić information content (AvgIpc) is 2.76. The second-order valence-corrected chi connectivity index (χ2v) is 7.71. The van der Waals surface area contributed by atoms with Crippen molar-refractivity contribution < 1.29 is 28.5 Å². The summed E-state index contributed by atoms with van der Waals surface area (Å²) in [6, 6.07) is 7.43. The standard InChI is InChI=1S/C25H40O6/c1-3-4-5-10-17-28-18-19-29-20-21-30-24(26)11-8-6-7-9-12-25(27)31-23-15-13-22(2)14-16-23/h13-16H,3-12,17-21H2,1-2H3. The number of hydrogen-bond acceptors (Lipinski definition) is 6. The van der Waals surface area contributed by atoms with Gasteiger partial charge in [-0.1, -0.05) is 56.7 Å². The van der Waals surface area contributed by atoms with E-state index >= 15 is 0 Å². The van der Waals surface area contributed by atoms with Crippen molar-refractivity contribution in [3.63, 3.8) is 0 Å². The number of hydrogen-bond donors (Lipinski definition) is 0. The molecule has 31 heavy (non-hydrogen) atoms. The topological polar surface area (TPSA) is 71.1 Å². The van der Waals surface area contributed by atoms with E-state index in [1.54, 1.807) is 12.1 Å². The Morgan fingerprint density at radius 3 is 1.94 bits per heavy atom. The molecule has 0 atom stereocenters. The fraction of sp³-hybridized carbons (Fsp3) is 0.680. The van der Waals surface area contributed by atoms with Crippen molar-refractivity contribution in [2.24, 2.45) is 0 Å². The molecule has 6 heteroatoms. The van der Waals surface area contributed by atoms with Crippen LogP contribution >= 0.6 is 0 Å². The van der Waals surface area contributed by atoms with Crippen molar-refractivity contribution in [2.45, 2.75) is 78.1 Å². The van der Waals surface area contributed by atoms with E-state index in [0.29, 0.717) is 38.4 Å². The molecule has 176 valence electrons. The molecular formula is C25H40O6. The Morgan fingerprint density at radius 2 is 1.26 bits per heavy atom. The molecule has 0 fully saturated rings. The number of ether oxygens (including phenoxy) is 4. The minimum atomic E-state index is -0.217. The van der Waals surface area contributed by atoms with E-state index < -0.39 is 0 Å². The molecule has 0 amide bonds. The monoisotopic (exact) mass is 436 g/mol. The Bertz CT molecular complexity index is 584. The molecule has 0 N–H and O–H groups in total. The third-order valence-corrected chi connectivity index (χ3v) is 4.77. The SMILES string of the molecule is CCCCCCOCCOCCOC(=O)CCCCCCC(=O)Oc1ccc(C)cc1. The number of esters is 2. The number of carbonyl (C=O) groups excluding carboxylic acids is 2. The van der Waals surface area contributed by atoms with Crippen molar-refractivity contribution in [3.05, 3.63) is 29.8 Å². The van der Waals surface area contributed by atoms with Crippen LogP contribution in [0.5, 0.6) is 5.75 Å². The van der Waals surface area contributed by atoms with Crippen LogP contribution in [0.3, 0.4) is 0 Å². The molecule has 0 aliphatic heterocycles. The smallest absolute Gasteiger partial charge is 0.311 e. The molecule has 0 aromatic heterocycles. The summed E-state index contributed by atoms with van der Waals surface area (Å²) >= 11 is 0. The summed E-state index contributed by atoms with van der Waals surface area (Å²) in [5.41, 5.74) is 1.13. The summed E-state index contributed by atoms with van der Waals surface area (Å²) < 4.78 is 21.3. The minimum Gasteiger partial charge on any atom is -0.463 e. The molecule has 0 bridgehead atoms. The van der Waals surface area contributed by atoms with Gasteiger partial charge >= 0.3 is 11.9 Å². The molecule has 1 aromatic carbocycles. The Balaban J connectivity index is 1.85. The van der Waals surface area contributed by atoms with Crippen molar-refractivity contribution in [3.8, 4) is 5.75 Å². The zero-order valence-electron chi connectivity index (χ0n) is 19.4. The molecule has 0 spiro atoms. The molecule has 0 heterocycles. The van der Waals surface area contributed by atoms with E-state index in [2.05, 4.69) is 6.92 Å². The first-order valence-electron chi connectivity index (χ1n) is 11.7. The third-order valence-electron chi connectivity index (χ3n) is 4.77. The van der Waals surface area contributed by atoms with Crippen LogP contribution in [0.1, 0.15) is 76.7 Å². The van der Waals surface area contributed by atoms with E-state index in [1.807, 2.05) is 19.1 Å². The minimum absolute atomic E-state index is 0.199. The maximum atomic E-state index is 11.8. The molecule has 0 saturated carbocycles. The van der Waals surface area contributed by atoms with Crippen LogP contribution < -0.4 is 4.74 Å². The van der Waals surface area contributed by atoms with Crippen LogP contribution in [0, 0.1) is 6.92 Å². The Labute approximate surface area is 187 Å². The lowest BCUT2D eigenvalue weighted by Gasteiger charge is -2.07. The number of benzene rings is 1. The van der Waals surface area contributed by atoms with Gasteiger partial charge in [-0.15, -0.1) is 0 Å². The van der Waals surface area contributed by atoms with Gasteiger partial charge in [0.05, 0.1) is 19.8 Å². The van der Waals surface area contributed by atoms with Crippen LogP contribution in [0.25, 0.3) is 0 Å². The van der Waals surface area contributed by atoms with E-state index in [4.69, 9.17) is 18.9 Å². The lowest BCUT2D eigenvalue weighted by molar-refractivity contribution is -0.145. The highest BCUT2D eigenvalue weighted by molar-refractivity contribution is 5.72. The first-order chi connectivity index (χ1) is 15.1. The van der Waals surface area contributed by atoms with Crippen molar-refractivity contribution in [1.29, 1.82) is 0 Å². The Hall–Kier alpha value is -1.92. The van der Waals surface area contributed by atoms with Gasteiger partial charge in [-0.3, -0.25) is 9.59 Å². The van der Waals surface area contributed by atoms with E-state index in [1.165, 1.54) is 19.3 Å². The maximum Gasteiger partial charge on any atom is 0.311 e. The van der Waals surface area contributed by atoms with Crippen LogP contribution in [0.15, 0.2) is 24.3 Å². The normalized spacial score (nSPS) is 10.8. The Kier molecular flexibility index (Phi) is 16.5. The summed E-state index contributed by atoms with van der Waals surface area (Å²) in [7, 11) is 0. The summed E-state index contributed by atoms with van der Waals surface area (Å²) in [5, 5.41) is 0. The molecular weight excluding hydrogens is 396 g/mol. The van der Waals surface area contributed by atoms with Gasteiger partial charge in [0.1, 0.15) is 12.4 Å². The van der Waals surface area contributed by atoms with Gasteiger partial charge in [0.15, 0.2) is 0 Å². The van der Waals surface area contributed by atoms with E-state index in [0.717, 1.165) is 44.3 Å². The fourth-order valence-corrected chi connectivity index (χ4v) is 2.92. The molecule has 0 saturated heterocycles. The molecule has 1 aromatic rings. The summed E-state index contributed by atoms with van der Waals surface area (Å²) in [6.07, 6.45) is 8.88. The molecule has 0 unspecified atom stereocenters. The first kappa shape index (κ1) is 27.1. The molecule has 0 aliphatic carbocycles. The van der Waals surface area contributed by atoms with E-state index in [9.17, 15) is 9.59 Å². The predicted octanol–water partition coefficient (Wildman–Crippen LogP) is 5.40. The highest BCUT2D eigenvalue weighted by Crippen LogP contribution is 2.13. The summed E-state index contributed by atoms with van der Waals surface area (Å²) in [6.45, 7) is 6.75. The van der Waals surface area contributed by atoms with Crippen molar-refractivity contribution in [1.82, 2.24) is 0 Å². The van der Waals surface area contributed by atoms with E-state index in [-0.39, 0.29) is 18.5 Å². The van der Waals surface area contributed by atoms with Gasteiger partial charge in [0, 0.05) is 19.4 Å². The Morgan fingerprint density at radius 1 is 0.677 bits per heavy atom. The average molecular weight is 437 g/mol. The second kappa shape index (κ2) is 18.8. The van der Waals surface area contributed by atoms with Gasteiger partial charge in [-0.05, 0) is 38.3 Å². The second-order valence-electron chi connectivity index (χ2n) is 7.71. The lowest BCUT2D eigenvalue weighted by atomic mass is 10.1.